The van der Waals surface area contributed by atoms with Crippen molar-refractivity contribution in [3.8, 4) is 10.6 Å². The normalized spacial score (nSPS) is 12.9. The number of nitrogens with one attached hydrogen (secondary N) is 1. The number of rotatable bonds is 5. The summed E-state index contributed by atoms with van der Waals surface area (Å²) < 4.78 is 14.9. The summed E-state index contributed by atoms with van der Waals surface area (Å²) in [5.41, 5.74) is 1.49. The topological polar surface area (TPSA) is 46.9 Å². The molecule has 4 rings (SSSR count). The smallest absolute Gasteiger partial charge is 0.275 e. The first-order valence-electron chi connectivity index (χ1n) is 9.87. The zero-order valence-electron chi connectivity index (χ0n) is 17.2. The van der Waals surface area contributed by atoms with E-state index < -0.39 is 0 Å². The van der Waals surface area contributed by atoms with Gasteiger partial charge in [0.05, 0.1) is 16.9 Å². The maximum Gasteiger partial charge on any atom is 0.275 e. The molecule has 2 aromatic carbocycles. The minimum atomic E-state index is -0.264. The number of thiophene rings is 1. The predicted molar refractivity (Wildman–Crippen MR) is 121 cm³/mol. The molecular formula is C24H24FN3OS. The Balaban J connectivity index is 1.73. The standard InChI is InChI=1S/C24H24FN3OS/c1-24(2,3)22(16-10-12-17(25)13-11-16)26-15-28-23(29)19-8-5-4-7-18(19)21(27-28)20-9-6-14-30-20/h4-14,22,26H,15H2,1-3H3. The van der Waals surface area contributed by atoms with Crippen LogP contribution in [0.15, 0.2) is 70.8 Å². The van der Waals surface area contributed by atoms with Gasteiger partial charge in [-0.3, -0.25) is 10.1 Å². The summed E-state index contributed by atoms with van der Waals surface area (Å²) in [5, 5.41) is 11.7. The second-order valence-electron chi connectivity index (χ2n) is 8.39. The monoisotopic (exact) mass is 421 g/mol. The fourth-order valence-electron chi connectivity index (χ4n) is 3.69. The Bertz CT molecular complexity index is 1210. The Morgan fingerprint density at radius 1 is 1.03 bits per heavy atom. The van der Waals surface area contributed by atoms with Gasteiger partial charge in [0, 0.05) is 11.4 Å². The highest BCUT2D eigenvalue weighted by Crippen LogP contribution is 2.33. The number of hydrogen-bond acceptors (Lipinski definition) is 4. The van der Waals surface area contributed by atoms with E-state index in [0.29, 0.717) is 5.39 Å². The van der Waals surface area contributed by atoms with Crippen LogP contribution in [-0.2, 0) is 6.67 Å². The van der Waals surface area contributed by atoms with E-state index in [1.54, 1.807) is 23.5 Å². The van der Waals surface area contributed by atoms with Gasteiger partial charge in [0.1, 0.15) is 11.5 Å². The summed E-state index contributed by atoms with van der Waals surface area (Å²) in [7, 11) is 0. The number of fused-ring (bicyclic) bond motifs is 1. The molecule has 1 atom stereocenters. The first-order valence-corrected chi connectivity index (χ1v) is 10.7. The second-order valence-corrected chi connectivity index (χ2v) is 9.34. The molecular weight excluding hydrogens is 397 g/mol. The van der Waals surface area contributed by atoms with E-state index in [2.05, 4.69) is 26.1 Å². The molecule has 1 unspecified atom stereocenters. The van der Waals surface area contributed by atoms with E-state index in [4.69, 9.17) is 5.10 Å². The molecule has 0 saturated heterocycles. The van der Waals surface area contributed by atoms with Gasteiger partial charge in [0.15, 0.2) is 0 Å². The number of halogens is 1. The van der Waals surface area contributed by atoms with Crippen molar-refractivity contribution >= 4 is 22.1 Å². The molecule has 30 heavy (non-hydrogen) atoms. The van der Waals surface area contributed by atoms with Crippen LogP contribution in [0.4, 0.5) is 4.39 Å². The number of nitrogens with zero attached hydrogens (tertiary/aromatic N) is 2. The van der Waals surface area contributed by atoms with Crippen LogP contribution in [0.2, 0.25) is 0 Å². The van der Waals surface area contributed by atoms with E-state index in [-0.39, 0.29) is 29.5 Å². The molecule has 4 nitrogen and oxygen atoms in total. The average molecular weight is 422 g/mol. The molecule has 6 heteroatoms. The fraction of sp³-hybridized carbons (Fsp3) is 0.250. The summed E-state index contributed by atoms with van der Waals surface area (Å²) in [6.45, 7) is 6.59. The highest BCUT2D eigenvalue weighted by molar-refractivity contribution is 7.13. The zero-order chi connectivity index (χ0) is 21.3. The summed E-state index contributed by atoms with van der Waals surface area (Å²) in [5.74, 6) is -0.264. The molecule has 0 radical (unpaired) electrons. The summed E-state index contributed by atoms with van der Waals surface area (Å²) >= 11 is 1.60. The van der Waals surface area contributed by atoms with Crippen LogP contribution in [0.3, 0.4) is 0 Å². The summed E-state index contributed by atoms with van der Waals surface area (Å²) in [6.07, 6.45) is 0. The van der Waals surface area contributed by atoms with Crippen molar-refractivity contribution in [3.05, 3.63) is 87.8 Å². The minimum absolute atomic E-state index is 0.0801. The summed E-state index contributed by atoms with van der Waals surface area (Å²) in [6, 6.07) is 18.0. The second kappa shape index (κ2) is 8.13. The van der Waals surface area contributed by atoms with Crippen LogP contribution in [0.1, 0.15) is 32.4 Å². The van der Waals surface area contributed by atoms with Gasteiger partial charge < -0.3 is 0 Å². The highest BCUT2D eigenvalue weighted by Gasteiger charge is 2.26. The van der Waals surface area contributed by atoms with Crippen molar-refractivity contribution in [2.45, 2.75) is 33.5 Å². The van der Waals surface area contributed by atoms with E-state index >= 15 is 0 Å². The predicted octanol–water partition coefficient (Wildman–Crippen LogP) is 5.60. The molecule has 0 saturated carbocycles. The molecule has 0 fully saturated rings. The van der Waals surface area contributed by atoms with Crippen LogP contribution in [-0.4, -0.2) is 9.78 Å². The van der Waals surface area contributed by atoms with Gasteiger partial charge in [0.25, 0.3) is 5.56 Å². The minimum Gasteiger partial charge on any atom is -0.291 e. The number of hydrogen-bond donors (Lipinski definition) is 1. The molecule has 0 spiro atoms. The quantitative estimate of drug-likeness (QED) is 0.456. The molecule has 0 aliphatic heterocycles. The maximum atomic E-state index is 13.4. The molecule has 0 amide bonds. The summed E-state index contributed by atoms with van der Waals surface area (Å²) in [4.78, 5) is 14.1. The average Bonchev–Trinajstić information content (AvgIpc) is 3.25. The third kappa shape index (κ3) is 4.06. The van der Waals surface area contributed by atoms with Gasteiger partial charge in [-0.25, -0.2) is 9.07 Å². The van der Waals surface area contributed by atoms with Crippen molar-refractivity contribution < 1.29 is 4.39 Å². The highest BCUT2D eigenvalue weighted by atomic mass is 32.1. The van der Waals surface area contributed by atoms with E-state index in [0.717, 1.165) is 21.5 Å². The van der Waals surface area contributed by atoms with Crippen LogP contribution in [0, 0.1) is 11.2 Å². The molecule has 154 valence electrons. The number of aromatic nitrogens is 2. The van der Waals surface area contributed by atoms with E-state index in [1.807, 2.05) is 41.8 Å². The first kappa shape index (κ1) is 20.4. The third-order valence-corrected chi connectivity index (χ3v) is 6.01. The Labute approximate surface area is 179 Å². The Hall–Kier alpha value is -2.83. The molecule has 0 aliphatic carbocycles. The van der Waals surface area contributed by atoms with Crippen molar-refractivity contribution in [2.24, 2.45) is 5.41 Å². The van der Waals surface area contributed by atoms with Gasteiger partial charge in [-0.2, -0.15) is 5.10 Å². The van der Waals surface area contributed by atoms with Crippen LogP contribution >= 0.6 is 11.3 Å². The molecule has 0 aliphatic rings. The van der Waals surface area contributed by atoms with Crippen molar-refractivity contribution in [2.75, 3.05) is 0 Å². The largest absolute Gasteiger partial charge is 0.291 e. The van der Waals surface area contributed by atoms with Crippen LogP contribution in [0.25, 0.3) is 21.3 Å². The lowest BCUT2D eigenvalue weighted by atomic mass is 9.82. The van der Waals surface area contributed by atoms with Gasteiger partial charge >= 0.3 is 0 Å². The van der Waals surface area contributed by atoms with E-state index in [9.17, 15) is 9.18 Å². The third-order valence-electron chi connectivity index (χ3n) is 5.14. The lowest BCUT2D eigenvalue weighted by molar-refractivity contribution is 0.250. The SMILES string of the molecule is CC(C)(C)C(NCn1nc(-c2cccs2)c2ccccc2c1=O)c1ccc(F)cc1. The van der Waals surface area contributed by atoms with Gasteiger partial charge in [-0.15, -0.1) is 11.3 Å². The lowest BCUT2D eigenvalue weighted by Crippen LogP contribution is -2.37. The Morgan fingerprint density at radius 3 is 2.37 bits per heavy atom. The van der Waals surface area contributed by atoms with Crippen molar-refractivity contribution in [3.63, 3.8) is 0 Å². The van der Waals surface area contributed by atoms with Crippen molar-refractivity contribution in [1.82, 2.24) is 15.1 Å². The van der Waals surface area contributed by atoms with E-state index in [1.165, 1.54) is 16.8 Å². The molecule has 1 N–H and O–H groups in total. The Kier molecular flexibility index (Phi) is 5.54. The fourth-order valence-corrected chi connectivity index (χ4v) is 4.42. The molecule has 2 aromatic heterocycles. The number of benzene rings is 2. The van der Waals surface area contributed by atoms with Gasteiger partial charge in [0.2, 0.25) is 0 Å². The van der Waals surface area contributed by atoms with Crippen molar-refractivity contribution in [1.29, 1.82) is 0 Å². The molecule has 2 heterocycles. The molecule has 0 bridgehead atoms. The van der Waals surface area contributed by atoms with Crippen LogP contribution < -0.4 is 10.9 Å². The maximum absolute atomic E-state index is 13.4. The molecule has 4 aromatic rings. The van der Waals surface area contributed by atoms with Gasteiger partial charge in [-0.1, -0.05) is 57.2 Å². The zero-order valence-corrected chi connectivity index (χ0v) is 18.0. The first-order chi connectivity index (χ1) is 14.3. The van der Waals surface area contributed by atoms with Gasteiger partial charge in [-0.05, 0) is 40.6 Å². The lowest BCUT2D eigenvalue weighted by Gasteiger charge is -2.32. The van der Waals surface area contributed by atoms with Crippen LogP contribution in [0.5, 0.6) is 0 Å². The Morgan fingerprint density at radius 2 is 1.73 bits per heavy atom.